The molecule has 0 aromatic heterocycles. The fraction of sp³-hybridized carbons (Fsp3) is 0.538. The lowest BCUT2D eigenvalue weighted by Gasteiger charge is -2.19. The molecule has 0 aliphatic heterocycles. The molecule has 118 valence electrons. The topological polar surface area (TPSA) is 92.6 Å². The van der Waals surface area contributed by atoms with Gasteiger partial charge >= 0.3 is 0 Å². The molecule has 1 aromatic rings. The fourth-order valence-corrected chi connectivity index (χ4v) is 2.90. The van der Waals surface area contributed by atoms with Crippen molar-refractivity contribution in [2.75, 3.05) is 32.1 Å². The zero-order valence-electron chi connectivity index (χ0n) is 12.7. The van der Waals surface area contributed by atoms with Crippen LogP contribution in [0.25, 0.3) is 0 Å². The van der Waals surface area contributed by atoms with Crippen molar-refractivity contribution >= 4 is 21.2 Å². The summed E-state index contributed by atoms with van der Waals surface area (Å²) in [6, 6.07) is 4.05. The van der Waals surface area contributed by atoms with Gasteiger partial charge in [-0.15, -0.1) is 0 Å². The summed E-state index contributed by atoms with van der Waals surface area (Å²) in [5.74, 6) is 0. The van der Waals surface area contributed by atoms with Crippen LogP contribution in [0.2, 0.25) is 0 Å². The third-order valence-corrected chi connectivity index (χ3v) is 5.35. The molecule has 0 bridgehead atoms. The predicted octanol–water partition coefficient (Wildman–Crippen LogP) is 1.43. The Bertz CT molecular complexity index is 614. The van der Waals surface area contributed by atoms with E-state index in [1.807, 2.05) is 0 Å². The molecule has 21 heavy (non-hydrogen) atoms. The van der Waals surface area contributed by atoms with E-state index in [1.54, 1.807) is 32.8 Å². The summed E-state index contributed by atoms with van der Waals surface area (Å²) in [4.78, 5) is 12.4. The highest BCUT2D eigenvalue weighted by Crippen LogP contribution is 2.31. The van der Waals surface area contributed by atoms with Gasteiger partial charge < -0.3 is 10.2 Å². The molecule has 0 saturated carbocycles. The number of nitrogens with zero attached hydrogens (tertiary/aromatic N) is 2. The highest BCUT2D eigenvalue weighted by atomic mass is 32.2. The van der Waals surface area contributed by atoms with Gasteiger partial charge in [0.1, 0.15) is 5.69 Å². The molecule has 1 N–H and O–H groups in total. The van der Waals surface area contributed by atoms with Crippen molar-refractivity contribution in [3.63, 3.8) is 0 Å². The van der Waals surface area contributed by atoms with Crippen molar-refractivity contribution in [2.24, 2.45) is 0 Å². The van der Waals surface area contributed by atoms with Crippen LogP contribution in [0.3, 0.4) is 0 Å². The van der Waals surface area contributed by atoms with E-state index in [0.29, 0.717) is 18.8 Å². The molecule has 0 fully saturated rings. The van der Waals surface area contributed by atoms with E-state index in [0.717, 1.165) is 6.07 Å². The van der Waals surface area contributed by atoms with E-state index in [1.165, 1.54) is 12.1 Å². The lowest BCUT2D eigenvalue weighted by atomic mass is 10.2. The zero-order chi connectivity index (χ0) is 16.2. The molecule has 0 spiro atoms. The predicted molar refractivity (Wildman–Crippen MR) is 82.6 cm³/mol. The molecule has 0 atom stereocenters. The number of nitro benzene ring substituents is 1. The van der Waals surface area contributed by atoms with E-state index in [2.05, 4.69) is 5.32 Å². The fourth-order valence-electron chi connectivity index (χ4n) is 1.82. The SMILES string of the molecule is CNCCN(C)c1ccc(S(=O)(=O)C(C)C)cc1[N+](=O)[O-]. The Morgan fingerprint density at radius 1 is 1.38 bits per heavy atom. The minimum atomic E-state index is -3.53. The summed E-state index contributed by atoms with van der Waals surface area (Å²) in [5, 5.41) is 13.6. The summed E-state index contributed by atoms with van der Waals surface area (Å²) in [7, 11) is -0.00297. The molecule has 1 aromatic carbocycles. The van der Waals surface area contributed by atoms with Gasteiger partial charge in [-0.25, -0.2) is 8.42 Å². The monoisotopic (exact) mass is 315 g/mol. The van der Waals surface area contributed by atoms with Crippen LogP contribution in [0, 0.1) is 10.1 Å². The van der Waals surface area contributed by atoms with Gasteiger partial charge in [-0.05, 0) is 33.0 Å². The first-order chi connectivity index (χ1) is 9.71. The normalized spacial score (nSPS) is 11.7. The summed E-state index contributed by atoms with van der Waals surface area (Å²) < 4.78 is 24.2. The van der Waals surface area contributed by atoms with Crippen LogP contribution >= 0.6 is 0 Å². The smallest absolute Gasteiger partial charge is 0.293 e. The van der Waals surface area contributed by atoms with E-state index in [9.17, 15) is 18.5 Å². The molecule has 0 heterocycles. The average Bonchev–Trinajstić information content (AvgIpc) is 2.43. The first-order valence-electron chi connectivity index (χ1n) is 6.60. The number of sulfone groups is 1. The first kappa shape index (κ1) is 17.4. The van der Waals surface area contributed by atoms with Crippen molar-refractivity contribution in [3.8, 4) is 0 Å². The molecule has 8 heteroatoms. The van der Waals surface area contributed by atoms with Crippen molar-refractivity contribution < 1.29 is 13.3 Å². The summed E-state index contributed by atoms with van der Waals surface area (Å²) in [5.41, 5.74) is 0.202. The third kappa shape index (κ3) is 3.92. The molecular formula is C13H21N3O4S. The number of nitro groups is 1. The Morgan fingerprint density at radius 3 is 2.48 bits per heavy atom. The molecule has 7 nitrogen and oxygen atoms in total. The van der Waals surface area contributed by atoms with E-state index < -0.39 is 20.0 Å². The lowest BCUT2D eigenvalue weighted by molar-refractivity contribution is -0.384. The second-order valence-corrected chi connectivity index (χ2v) is 7.53. The van der Waals surface area contributed by atoms with Gasteiger partial charge in [0, 0.05) is 26.2 Å². The van der Waals surface area contributed by atoms with E-state index in [4.69, 9.17) is 0 Å². The maximum Gasteiger partial charge on any atom is 0.293 e. The van der Waals surface area contributed by atoms with E-state index in [-0.39, 0.29) is 10.6 Å². The lowest BCUT2D eigenvalue weighted by Crippen LogP contribution is -2.27. The summed E-state index contributed by atoms with van der Waals surface area (Å²) >= 11 is 0. The van der Waals surface area contributed by atoms with Crippen molar-refractivity contribution in [2.45, 2.75) is 24.0 Å². The number of hydrogen-bond donors (Lipinski definition) is 1. The van der Waals surface area contributed by atoms with Crippen LogP contribution in [0.4, 0.5) is 11.4 Å². The summed E-state index contributed by atoms with van der Waals surface area (Å²) in [6.07, 6.45) is 0. The number of hydrogen-bond acceptors (Lipinski definition) is 6. The van der Waals surface area contributed by atoms with Crippen molar-refractivity contribution in [3.05, 3.63) is 28.3 Å². The highest BCUT2D eigenvalue weighted by Gasteiger charge is 2.25. The maximum atomic E-state index is 12.1. The number of anilines is 1. The highest BCUT2D eigenvalue weighted by molar-refractivity contribution is 7.92. The van der Waals surface area contributed by atoms with Gasteiger partial charge in [0.05, 0.1) is 15.1 Å². The summed E-state index contributed by atoms with van der Waals surface area (Å²) in [6.45, 7) is 4.34. The van der Waals surface area contributed by atoms with Crippen LogP contribution in [0.5, 0.6) is 0 Å². The Morgan fingerprint density at radius 2 is 2.00 bits per heavy atom. The Labute approximate surface area is 125 Å². The van der Waals surface area contributed by atoms with Crippen LogP contribution in [0.15, 0.2) is 23.1 Å². The molecule has 0 saturated heterocycles. The Balaban J connectivity index is 3.29. The molecule has 1 rings (SSSR count). The van der Waals surface area contributed by atoms with Crippen LogP contribution in [-0.4, -0.2) is 45.8 Å². The Hall–Kier alpha value is -1.67. The second kappa shape index (κ2) is 6.86. The van der Waals surface area contributed by atoms with Gasteiger partial charge in [0.25, 0.3) is 5.69 Å². The molecule has 0 aliphatic rings. The average molecular weight is 315 g/mol. The first-order valence-corrected chi connectivity index (χ1v) is 8.14. The Kier molecular flexibility index (Phi) is 5.68. The number of nitrogens with one attached hydrogen (secondary N) is 1. The van der Waals surface area contributed by atoms with Crippen molar-refractivity contribution in [1.82, 2.24) is 5.32 Å². The molecule has 0 unspecified atom stereocenters. The van der Waals surface area contributed by atoms with Gasteiger partial charge in [0.2, 0.25) is 0 Å². The number of benzene rings is 1. The quantitative estimate of drug-likeness (QED) is 0.604. The largest absolute Gasteiger partial charge is 0.368 e. The minimum absolute atomic E-state index is 0.0185. The van der Waals surface area contributed by atoms with Crippen molar-refractivity contribution in [1.29, 1.82) is 0 Å². The van der Waals surface area contributed by atoms with Crippen LogP contribution in [-0.2, 0) is 9.84 Å². The molecule has 0 aliphatic carbocycles. The standard InChI is InChI=1S/C13H21N3O4S/c1-10(2)21(19,20)11-5-6-12(13(9-11)16(17)18)15(4)8-7-14-3/h5-6,9-10,14H,7-8H2,1-4H3. The number of rotatable bonds is 7. The van der Waals surface area contributed by atoms with Gasteiger partial charge in [0.15, 0.2) is 9.84 Å². The van der Waals surface area contributed by atoms with Gasteiger partial charge in [-0.3, -0.25) is 10.1 Å². The van der Waals surface area contributed by atoms with E-state index >= 15 is 0 Å². The second-order valence-electron chi connectivity index (χ2n) is 5.03. The zero-order valence-corrected chi connectivity index (χ0v) is 13.5. The van der Waals surface area contributed by atoms with Gasteiger partial charge in [-0.2, -0.15) is 0 Å². The maximum absolute atomic E-state index is 12.1. The van der Waals surface area contributed by atoms with Crippen LogP contribution < -0.4 is 10.2 Å². The van der Waals surface area contributed by atoms with Gasteiger partial charge in [-0.1, -0.05) is 0 Å². The minimum Gasteiger partial charge on any atom is -0.368 e. The number of likely N-dealkylation sites (N-methyl/N-ethyl adjacent to an activating group) is 2. The molecule has 0 amide bonds. The third-order valence-electron chi connectivity index (χ3n) is 3.20. The molecular weight excluding hydrogens is 294 g/mol. The molecule has 0 radical (unpaired) electrons. The van der Waals surface area contributed by atoms with Crippen LogP contribution in [0.1, 0.15) is 13.8 Å².